The number of hydrogen-bond acceptors (Lipinski definition) is 2. The minimum atomic E-state index is 0.649. The Labute approximate surface area is 132 Å². The van der Waals surface area contributed by atoms with Crippen LogP contribution in [0.4, 0.5) is 0 Å². The van der Waals surface area contributed by atoms with Crippen molar-refractivity contribution < 1.29 is 4.74 Å². The molecule has 3 heteroatoms. The van der Waals surface area contributed by atoms with Crippen LogP contribution in [0.15, 0.2) is 65.1 Å². The van der Waals surface area contributed by atoms with E-state index in [2.05, 4.69) is 46.3 Å². The van der Waals surface area contributed by atoms with Gasteiger partial charge in [0.05, 0.1) is 4.47 Å². The molecule has 3 rings (SSSR count). The number of benzene rings is 3. The number of fused-ring (bicyclic) bond motifs is 1. The highest BCUT2D eigenvalue weighted by Crippen LogP contribution is 2.34. The van der Waals surface area contributed by atoms with E-state index >= 15 is 0 Å². The van der Waals surface area contributed by atoms with Crippen molar-refractivity contribution in [3.63, 3.8) is 0 Å². The van der Waals surface area contributed by atoms with Gasteiger partial charge in [0.15, 0.2) is 0 Å². The third kappa shape index (κ3) is 3.09. The third-order valence-electron chi connectivity index (χ3n) is 3.40. The van der Waals surface area contributed by atoms with Crippen molar-refractivity contribution in [3.05, 3.63) is 70.7 Å². The van der Waals surface area contributed by atoms with Gasteiger partial charge in [0.25, 0.3) is 0 Å². The molecule has 0 spiro atoms. The lowest BCUT2D eigenvalue weighted by Crippen LogP contribution is -2.02. The average molecular weight is 342 g/mol. The minimum Gasteiger partial charge on any atom is -0.456 e. The first-order chi connectivity index (χ1) is 10.3. The zero-order valence-electron chi connectivity index (χ0n) is 11.6. The third-order valence-corrected chi connectivity index (χ3v) is 4.02. The minimum absolute atomic E-state index is 0.649. The first-order valence-electron chi connectivity index (χ1n) is 6.92. The Balaban J connectivity index is 1.95. The highest BCUT2D eigenvalue weighted by molar-refractivity contribution is 9.10. The summed E-state index contributed by atoms with van der Waals surface area (Å²) in [6.45, 7) is 0.649. The Morgan fingerprint density at radius 3 is 2.52 bits per heavy atom. The number of nitrogens with two attached hydrogens (primary N) is 1. The van der Waals surface area contributed by atoms with Crippen molar-refractivity contribution in [1.29, 1.82) is 0 Å². The van der Waals surface area contributed by atoms with Crippen LogP contribution < -0.4 is 10.5 Å². The quantitative estimate of drug-likeness (QED) is 0.732. The average Bonchev–Trinajstić information content (AvgIpc) is 2.51. The molecule has 0 aliphatic heterocycles. The lowest BCUT2D eigenvalue weighted by atomic mass is 10.1. The number of ether oxygens (including phenoxy) is 1. The van der Waals surface area contributed by atoms with Gasteiger partial charge in [-0.3, -0.25) is 0 Å². The van der Waals surface area contributed by atoms with Crippen LogP contribution in [0.3, 0.4) is 0 Å². The van der Waals surface area contributed by atoms with E-state index in [1.54, 1.807) is 0 Å². The summed E-state index contributed by atoms with van der Waals surface area (Å²) in [4.78, 5) is 0. The molecular weight excluding hydrogens is 326 g/mol. The van der Waals surface area contributed by atoms with E-state index in [9.17, 15) is 0 Å². The molecule has 3 aromatic rings. The molecule has 0 unspecified atom stereocenters. The van der Waals surface area contributed by atoms with E-state index in [1.165, 1.54) is 10.9 Å². The predicted octanol–water partition coefficient (Wildman–Crippen LogP) is 4.90. The van der Waals surface area contributed by atoms with Gasteiger partial charge in [-0.25, -0.2) is 0 Å². The van der Waals surface area contributed by atoms with Crippen LogP contribution in [0.2, 0.25) is 0 Å². The van der Waals surface area contributed by atoms with Crippen LogP contribution in [0, 0.1) is 0 Å². The zero-order valence-corrected chi connectivity index (χ0v) is 13.1. The van der Waals surface area contributed by atoms with Gasteiger partial charge in [-0.05, 0) is 58.0 Å². The van der Waals surface area contributed by atoms with Gasteiger partial charge >= 0.3 is 0 Å². The van der Waals surface area contributed by atoms with Crippen LogP contribution in [-0.2, 0) is 6.42 Å². The van der Waals surface area contributed by atoms with E-state index in [-0.39, 0.29) is 0 Å². The maximum atomic E-state index is 6.08. The summed E-state index contributed by atoms with van der Waals surface area (Å²) >= 11 is 3.57. The monoisotopic (exact) mass is 341 g/mol. The molecule has 0 bridgehead atoms. The van der Waals surface area contributed by atoms with Crippen LogP contribution in [-0.4, -0.2) is 6.54 Å². The van der Waals surface area contributed by atoms with Crippen LogP contribution in [0.1, 0.15) is 5.56 Å². The molecule has 0 aromatic heterocycles. The summed E-state index contributed by atoms with van der Waals surface area (Å²) in [6.07, 6.45) is 0.868. The molecule has 0 fully saturated rings. The molecule has 0 aliphatic carbocycles. The van der Waals surface area contributed by atoms with Crippen molar-refractivity contribution in [2.45, 2.75) is 6.42 Å². The summed E-state index contributed by atoms with van der Waals surface area (Å²) in [6, 6.07) is 20.4. The lowest BCUT2D eigenvalue weighted by Gasteiger charge is -2.11. The van der Waals surface area contributed by atoms with E-state index < -0.39 is 0 Å². The standard InChI is InChI=1S/C18H16BrNO/c19-16-12-13(10-11-20)8-9-18(16)21-17-7-3-5-14-4-1-2-6-15(14)17/h1-9,12H,10-11,20H2. The Morgan fingerprint density at radius 1 is 0.905 bits per heavy atom. The van der Waals surface area contributed by atoms with Crippen LogP contribution in [0.5, 0.6) is 11.5 Å². The molecule has 3 aromatic carbocycles. The van der Waals surface area contributed by atoms with Gasteiger partial charge < -0.3 is 10.5 Å². The Morgan fingerprint density at radius 2 is 1.71 bits per heavy atom. The summed E-state index contributed by atoms with van der Waals surface area (Å²) in [5.41, 5.74) is 6.79. The van der Waals surface area contributed by atoms with Gasteiger partial charge in [-0.1, -0.05) is 42.5 Å². The largest absolute Gasteiger partial charge is 0.456 e. The molecule has 21 heavy (non-hydrogen) atoms. The van der Waals surface area contributed by atoms with Gasteiger partial charge in [0.2, 0.25) is 0 Å². The fourth-order valence-electron chi connectivity index (χ4n) is 2.35. The SMILES string of the molecule is NCCc1ccc(Oc2cccc3ccccc23)c(Br)c1. The Bertz CT molecular complexity index is 765. The van der Waals surface area contributed by atoms with Crippen molar-refractivity contribution in [1.82, 2.24) is 0 Å². The Hall–Kier alpha value is -1.84. The zero-order chi connectivity index (χ0) is 14.7. The highest BCUT2D eigenvalue weighted by Gasteiger charge is 2.07. The summed E-state index contributed by atoms with van der Waals surface area (Å²) in [5, 5.41) is 2.28. The van der Waals surface area contributed by atoms with Crippen molar-refractivity contribution in [2.24, 2.45) is 5.73 Å². The highest BCUT2D eigenvalue weighted by atomic mass is 79.9. The lowest BCUT2D eigenvalue weighted by molar-refractivity contribution is 0.485. The summed E-state index contributed by atoms with van der Waals surface area (Å²) < 4.78 is 7.02. The molecule has 2 N–H and O–H groups in total. The molecule has 0 amide bonds. The maximum Gasteiger partial charge on any atom is 0.141 e. The van der Waals surface area contributed by atoms with Gasteiger partial charge in [-0.15, -0.1) is 0 Å². The molecule has 0 atom stereocenters. The second-order valence-corrected chi connectivity index (χ2v) is 5.74. The Kier molecular flexibility index (Phi) is 4.23. The van der Waals surface area contributed by atoms with Crippen LogP contribution >= 0.6 is 15.9 Å². The number of hydrogen-bond donors (Lipinski definition) is 1. The number of rotatable bonds is 4. The van der Waals surface area contributed by atoms with Crippen molar-refractivity contribution in [3.8, 4) is 11.5 Å². The number of halogens is 1. The molecule has 0 saturated heterocycles. The second kappa shape index (κ2) is 6.29. The fourth-order valence-corrected chi connectivity index (χ4v) is 2.86. The van der Waals surface area contributed by atoms with Crippen LogP contribution in [0.25, 0.3) is 10.8 Å². The van der Waals surface area contributed by atoms with E-state index in [4.69, 9.17) is 10.5 Å². The summed E-state index contributed by atoms with van der Waals surface area (Å²) in [5.74, 6) is 1.67. The normalized spacial score (nSPS) is 10.8. The first kappa shape index (κ1) is 14.1. The van der Waals surface area contributed by atoms with Gasteiger partial charge in [0, 0.05) is 5.39 Å². The molecule has 0 radical (unpaired) electrons. The first-order valence-corrected chi connectivity index (χ1v) is 7.71. The van der Waals surface area contributed by atoms with E-state index in [0.29, 0.717) is 6.54 Å². The molecule has 0 aliphatic rings. The smallest absolute Gasteiger partial charge is 0.141 e. The van der Waals surface area contributed by atoms with Gasteiger partial charge in [0.1, 0.15) is 11.5 Å². The topological polar surface area (TPSA) is 35.2 Å². The van der Waals surface area contributed by atoms with E-state index in [0.717, 1.165) is 27.8 Å². The molecule has 0 saturated carbocycles. The summed E-state index contributed by atoms with van der Waals surface area (Å²) in [7, 11) is 0. The van der Waals surface area contributed by atoms with Crippen molar-refractivity contribution >= 4 is 26.7 Å². The maximum absolute atomic E-state index is 6.08. The molecular formula is C18H16BrNO. The van der Waals surface area contributed by atoms with Crippen molar-refractivity contribution in [2.75, 3.05) is 6.54 Å². The van der Waals surface area contributed by atoms with E-state index in [1.807, 2.05) is 30.3 Å². The molecule has 2 nitrogen and oxygen atoms in total. The molecule has 106 valence electrons. The fraction of sp³-hybridized carbons (Fsp3) is 0.111. The second-order valence-electron chi connectivity index (χ2n) is 4.88. The predicted molar refractivity (Wildman–Crippen MR) is 90.9 cm³/mol. The van der Waals surface area contributed by atoms with Gasteiger partial charge in [-0.2, -0.15) is 0 Å². The molecule has 0 heterocycles.